The zero-order valence-electron chi connectivity index (χ0n) is 10.1. The van der Waals surface area contributed by atoms with E-state index in [0.29, 0.717) is 5.82 Å². The fourth-order valence-corrected chi connectivity index (χ4v) is 2.20. The summed E-state index contributed by atoms with van der Waals surface area (Å²) in [6.45, 7) is 0. The topological polar surface area (TPSA) is 62.2 Å². The highest BCUT2D eigenvalue weighted by Crippen LogP contribution is 2.23. The summed E-state index contributed by atoms with van der Waals surface area (Å²) in [7, 11) is 0. The van der Waals surface area contributed by atoms with Crippen molar-refractivity contribution in [1.82, 2.24) is 4.98 Å². The van der Waals surface area contributed by atoms with E-state index in [9.17, 15) is 4.79 Å². The van der Waals surface area contributed by atoms with E-state index in [-0.39, 0.29) is 10.7 Å². The van der Waals surface area contributed by atoms with Gasteiger partial charge in [0, 0.05) is 10.6 Å². The van der Waals surface area contributed by atoms with Gasteiger partial charge in [0.1, 0.15) is 11.0 Å². The van der Waals surface area contributed by atoms with E-state index in [4.69, 9.17) is 16.7 Å². The van der Waals surface area contributed by atoms with Crippen LogP contribution in [0.4, 0.5) is 11.5 Å². The smallest absolute Gasteiger partial charge is 0.335 e. The predicted molar refractivity (Wildman–Crippen MR) is 77.7 cm³/mol. The van der Waals surface area contributed by atoms with Crippen LogP contribution in [0.5, 0.6) is 0 Å². The number of carboxylic acids is 1. The third kappa shape index (κ3) is 3.62. The number of halogens is 1. The van der Waals surface area contributed by atoms with Crippen LogP contribution < -0.4 is 5.32 Å². The molecular weight excluding hydrogens is 284 g/mol. The molecule has 0 radical (unpaired) electrons. The second-order valence-electron chi connectivity index (χ2n) is 3.73. The first-order chi connectivity index (χ1) is 9.08. The fraction of sp³-hybridized carbons (Fsp3) is 0.0769. The second-order valence-corrected chi connectivity index (χ2v) is 4.99. The normalized spacial score (nSPS) is 10.2. The van der Waals surface area contributed by atoms with Crippen molar-refractivity contribution in [2.45, 2.75) is 4.90 Å². The van der Waals surface area contributed by atoms with Crippen LogP contribution in [-0.4, -0.2) is 22.3 Å². The molecule has 0 aliphatic heterocycles. The van der Waals surface area contributed by atoms with E-state index >= 15 is 0 Å². The Kier molecular flexibility index (Phi) is 4.29. The number of aromatic carboxylic acids is 1. The fourth-order valence-electron chi connectivity index (χ4n) is 1.53. The number of thioether (sulfide) groups is 1. The van der Waals surface area contributed by atoms with Crippen molar-refractivity contribution < 1.29 is 9.90 Å². The van der Waals surface area contributed by atoms with E-state index in [1.807, 2.05) is 30.5 Å². The molecule has 2 N–H and O–H groups in total. The molecule has 2 rings (SSSR count). The van der Waals surface area contributed by atoms with Gasteiger partial charge in [-0.2, -0.15) is 0 Å². The minimum atomic E-state index is -1.04. The summed E-state index contributed by atoms with van der Waals surface area (Å²) in [6.07, 6.45) is 1.99. The molecule has 98 valence electrons. The lowest BCUT2D eigenvalue weighted by atomic mass is 10.2. The van der Waals surface area contributed by atoms with Crippen LogP contribution in [-0.2, 0) is 0 Å². The Labute approximate surface area is 119 Å². The summed E-state index contributed by atoms with van der Waals surface area (Å²) in [6, 6.07) is 10.5. The van der Waals surface area contributed by atoms with Gasteiger partial charge in [-0.15, -0.1) is 11.8 Å². The Balaban J connectivity index is 2.29. The average Bonchev–Trinajstić information content (AvgIpc) is 2.38. The van der Waals surface area contributed by atoms with Gasteiger partial charge in [0.05, 0.1) is 5.56 Å². The zero-order chi connectivity index (χ0) is 13.8. The van der Waals surface area contributed by atoms with Crippen LogP contribution in [0, 0.1) is 0 Å². The summed E-state index contributed by atoms with van der Waals surface area (Å²) >= 11 is 7.42. The third-order valence-corrected chi connectivity index (χ3v) is 3.30. The van der Waals surface area contributed by atoms with Crippen molar-refractivity contribution in [3.63, 3.8) is 0 Å². The summed E-state index contributed by atoms with van der Waals surface area (Å²) in [5, 5.41) is 12.1. The Morgan fingerprint density at radius 1 is 1.37 bits per heavy atom. The molecule has 0 saturated carbocycles. The Morgan fingerprint density at radius 2 is 2.16 bits per heavy atom. The van der Waals surface area contributed by atoms with Gasteiger partial charge in [-0.3, -0.25) is 0 Å². The van der Waals surface area contributed by atoms with Crippen LogP contribution in [0.3, 0.4) is 0 Å². The molecule has 6 heteroatoms. The van der Waals surface area contributed by atoms with Gasteiger partial charge in [0.2, 0.25) is 0 Å². The molecule has 0 aliphatic rings. The van der Waals surface area contributed by atoms with Crippen molar-refractivity contribution in [3.05, 3.63) is 47.1 Å². The molecule has 0 spiro atoms. The molecule has 0 aliphatic carbocycles. The number of hydrogen-bond acceptors (Lipinski definition) is 4. The number of hydrogen-bond donors (Lipinski definition) is 2. The zero-order valence-corrected chi connectivity index (χ0v) is 11.6. The molecule has 1 heterocycles. The lowest BCUT2D eigenvalue weighted by Gasteiger charge is -2.08. The molecule has 0 amide bonds. The average molecular weight is 295 g/mol. The summed E-state index contributed by atoms with van der Waals surface area (Å²) < 4.78 is 0. The lowest BCUT2D eigenvalue weighted by molar-refractivity contribution is 0.0697. The second kappa shape index (κ2) is 5.95. The maximum absolute atomic E-state index is 10.9. The summed E-state index contributed by atoms with van der Waals surface area (Å²) in [5.74, 6) is -0.631. The number of aromatic nitrogens is 1. The molecule has 0 bridgehead atoms. The Morgan fingerprint density at radius 3 is 2.84 bits per heavy atom. The first-order valence-corrected chi connectivity index (χ1v) is 7.01. The van der Waals surface area contributed by atoms with Crippen LogP contribution in [0.25, 0.3) is 0 Å². The predicted octanol–water partition coefficient (Wildman–Crippen LogP) is 3.90. The molecule has 19 heavy (non-hydrogen) atoms. The molecule has 4 nitrogen and oxygen atoms in total. The molecule has 0 saturated heterocycles. The number of carboxylic acid groups (broad SMARTS) is 1. The quantitative estimate of drug-likeness (QED) is 0.661. The van der Waals surface area contributed by atoms with Gasteiger partial charge in [0.15, 0.2) is 0 Å². The van der Waals surface area contributed by atoms with E-state index < -0.39 is 5.97 Å². The van der Waals surface area contributed by atoms with Crippen LogP contribution in [0.15, 0.2) is 41.3 Å². The van der Waals surface area contributed by atoms with E-state index in [1.165, 1.54) is 12.1 Å². The van der Waals surface area contributed by atoms with Gasteiger partial charge in [0.25, 0.3) is 0 Å². The number of rotatable bonds is 4. The highest BCUT2D eigenvalue weighted by atomic mass is 35.5. The standard InChI is InChI=1S/C13H11ClN2O2S/c1-19-10-4-2-3-9(7-10)15-12-6-8(13(17)18)5-11(14)16-12/h2-7H,1H3,(H,15,16)(H,17,18). The maximum Gasteiger partial charge on any atom is 0.335 e. The third-order valence-electron chi connectivity index (χ3n) is 2.38. The summed E-state index contributed by atoms with van der Waals surface area (Å²) in [4.78, 5) is 16.1. The van der Waals surface area contributed by atoms with Gasteiger partial charge < -0.3 is 10.4 Å². The minimum absolute atomic E-state index is 0.100. The number of benzene rings is 1. The number of nitrogens with one attached hydrogen (secondary N) is 1. The van der Waals surface area contributed by atoms with E-state index in [2.05, 4.69) is 10.3 Å². The molecule has 0 atom stereocenters. The van der Waals surface area contributed by atoms with Gasteiger partial charge >= 0.3 is 5.97 Å². The first kappa shape index (κ1) is 13.7. The SMILES string of the molecule is CSc1cccc(Nc2cc(C(=O)O)cc(Cl)n2)c1. The van der Waals surface area contributed by atoms with E-state index in [0.717, 1.165) is 10.6 Å². The van der Waals surface area contributed by atoms with Crippen LogP contribution in [0.1, 0.15) is 10.4 Å². The minimum Gasteiger partial charge on any atom is -0.478 e. The monoisotopic (exact) mass is 294 g/mol. The molecule has 0 unspecified atom stereocenters. The highest BCUT2D eigenvalue weighted by molar-refractivity contribution is 7.98. The van der Waals surface area contributed by atoms with Crippen molar-refractivity contribution in [2.75, 3.05) is 11.6 Å². The van der Waals surface area contributed by atoms with Crippen molar-refractivity contribution in [2.24, 2.45) is 0 Å². The number of anilines is 2. The van der Waals surface area contributed by atoms with Gasteiger partial charge in [-0.05, 0) is 36.6 Å². The van der Waals surface area contributed by atoms with Crippen LogP contribution in [0.2, 0.25) is 5.15 Å². The van der Waals surface area contributed by atoms with Crippen molar-refractivity contribution in [1.29, 1.82) is 0 Å². The van der Waals surface area contributed by atoms with Crippen LogP contribution >= 0.6 is 23.4 Å². The van der Waals surface area contributed by atoms with E-state index in [1.54, 1.807) is 11.8 Å². The summed E-state index contributed by atoms with van der Waals surface area (Å²) in [5.41, 5.74) is 0.932. The Bertz CT molecular complexity index is 619. The number of pyridine rings is 1. The maximum atomic E-state index is 10.9. The van der Waals surface area contributed by atoms with Gasteiger partial charge in [-0.25, -0.2) is 9.78 Å². The molecular formula is C13H11ClN2O2S. The highest BCUT2D eigenvalue weighted by Gasteiger charge is 2.07. The lowest BCUT2D eigenvalue weighted by Crippen LogP contribution is -2.00. The molecule has 0 fully saturated rings. The Hall–Kier alpha value is -1.72. The number of carbonyl (C=O) groups is 1. The van der Waals surface area contributed by atoms with Crippen molar-refractivity contribution in [3.8, 4) is 0 Å². The molecule has 1 aromatic heterocycles. The first-order valence-electron chi connectivity index (χ1n) is 5.40. The number of nitrogens with zero attached hydrogens (tertiary/aromatic N) is 1. The van der Waals surface area contributed by atoms with Crippen molar-refractivity contribution >= 4 is 40.8 Å². The molecule has 2 aromatic rings. The van der Waals surface area contributed by atoms with Gasteiger partial charge in [-0.1, -0.05) is 17.7 Å². The largest absolute Gasteiger partial charge is 0.478 e. The molecule has 1 aromatic carbocycles.